The van der Waals surface area contributed by atoms with Crippen LogP contribution in [0.2, 0.25) is 0 Å². The van der Waals surface area contributed by atoms with Gasteiger partial charge in [0, 0.05) is 5.56 Å². The molecule has 24 heavy (non-hydrogen) atoms. The number of nitrogens with zero attached hydrogens (tertiary/aromatic N) is 1. The number of urea groups is 1. The number of imide groups is 1. The summed E-state index contributed by atoms with van der Waals surface area (Å²) in [5.74, 6) is -0.0459. The second-order valence-electron chi connectivity index (χ2n) is 5.58. The number of ether oxygens (including phenoxy) is 1. The largest absolute Gasteiger partial charge is 0.497 e. The Morgan fingerprint density at radius 1 is 1.29 bits per heavy atom. The van der Waals surface area contributed by atoms with Crippen molar-refractivity contribution in [1.82, 2.24) is 10.2 Å². The van der Waals surface area contributed by atoms with E-state index in [1.165, 1.54) is 13.4 Å². The second kappa shape index (κ2) is 5.84. The summed E-state index contributed by atoms with van der Waals surface area (Å²) in [6.07, 6.45) is 1.42. The minimum absolute atomic E-state index is 0.317. The predicted octanol–water partition coefficient (Wildman–Crippen LogP) is 1.94. The van der Waals surface area contributed by atoms with Crippen molar-refractivity contribution in [2.45, 2.75) is 12.5 Å². The molecule has 2 heterocycles. The van der Waals surface area contributed by atoms with Gasteiger partial charge in [-0.15, -0.1) is 0 Å². The highest BCUT2D eigenvalue weighted by molar-refractivity contribution is 6.11. The van der Waals surface area contributed by atoms with Gasteiger partial charge in [0.25, 0.3) is 5.91 Å². The molecule has 3 amide bonds. The highest BCUT2D eigenvalue weighted by Crippen LogP contribution is 2.29. The molecule has 124 valence electrons. The number of rotatable bonds is 5. The third kappa shape index (κ3) is 2.54. The van der Waals surface area contributed by atoms with Crippen molar-refractivity contribution in [2.24, 2.45) is 0 Å². The molecule has 1 aromatic heterocycles. The molecule has 1 aromatic carbocycles. The zero-order valence-electron chi connectivity index (χ0n) is 13.2. The van der Waals surface area contributed by atoms with Crippen molar-refractivity contribution in [2.75, 3.05) is 13.7 Å². The van der Waals surface area contributed by atoms with Crippen LogP contribution in [0.5, 0.6) is 5.75 Å². The standard InChI is InChI=1S/C17H16N2O5/c1-17(14-7-4-8-24-14)15(21)19(16(22)18-17)10-13(20)11-5-3-6-12(9-11)23-2/h3-9H,10H2,1-2H3,(H,18,22). The molecule has 2 aromatic rings. The molecular formula is C17H16N2O5. The lowest BCUT2D eigenvalue weighted by Crippen LogP contribution is -2.41. The summed E-state index contributed by atoms with van der Waals surface area (Å²) in [4.78, 5) is 38.1. The van der Waals surface area contributed by atoms with Crippen LogP contribution in [0.4, 0.5) is 4.79 Å². The van der Waals surface area contributed by atoms with Gasteiger partial charge < -0.3 is 14.5 Å². The monoisotopic (exact) mass is 328 g/mol. The fraction of sp³-hybridized carbons (Fsp3) is 0.235. The molecule has 1 unspecified atom stereocenters. The molecule has 1 aliphatic heterocycles. The Kier molecular flexibility index (Phi) is 3.84. The zero-order chi connectivity index (χ0) is 17.3. The molecule has 0 saturated carbocycles. The number of hydrogen-bond acceptors (Lipinski definition) is 5. The Balaban J connectivity index is 1.81. The van der Waals surface area contributed by atoms with Gasteiger partial charge in [-0.25, -0.2) is 4.79 Å². The lowest BCUT2D eigenvalue weighted by Gasteiger charge is -2.18. The number of nitrogens with one attached hydrogen (secondary N) is 1. The molecule has 0 spiro atoms. The summed E-state index contributed by atoms with van der Waals surface area (Å²) in [5.41, 5.74) is -0.948. The van der Waals surface area contributed by atoms with E-state index in [2.05, 4.69) is 5.32 Å². The molecule has 1 saturated heterocycles. The Hall–Kier alpha value is -3.09. The third-order valence-electron chi connectivity index (χ3n) is 3.98. The molecule has 1 N–H and O–H groups in total. The average molecular weight is 328 g/mol. The van der Waals surface area contributed by atoms with Crippen LogP contribution >= 0.6 is 0 Å². The van der Waals surface area contributed by atoms with Crippen molar-refractivity contribution in [3.63, 3.8) is 0 Å². The number of methoxy groups -OCH3 is 1. The topological polar surface area (TPSA) is 88.8 Å². The summed E-state index contributed by atoms with van der Waals surface area (Å²) in [5, 5.41) is 2.58. The van der Waals surface area contributed by atoms with E-state index in [4.69, 9.17) is 9.15 Å². The molecule has 0 radical (unpaired) electrons. The van der Waals surface area contributed by atoms with E-state index < -0.39 is 17.5 Å². The normalized spacial score (nSPS) is 20.2. The van der Waals surface area contributed by atoms with Crippen molar-refractivity contribution in [3.8, 4) is 5.75 Å². The summed E-state index contributed by atoms with van der Waals surface area (Å²) < 4.78 is 10.3. The number of carbonyl (C=O) groups excluding carboxylic acids is 3. The molecule has 0 bridgehead atoms. The maximum Gasteiger partial charge on any atom is 0.325 e. The average Bonchev–Trinajstić information content (AvgIpc) is 3.19. The minimum Gasteiger partial charge on any atom is -0.497 e. The first-order chi connectivity index (χ1) is 11.5. The fourth-order valence-electron chi connectivity index (χ4n) is 2.60. The molecule has 3 rings (SSSR count). The van der Waals surface area contributed by atoms with Gasteiger partial charge >= 0.3 is 6.03 Å². The van der Waals surface area contributed by atoms with Gasteiger partial charge in [0.15, 0.2) is 11.3 Å². The van der Waals surface area contributed by atoms with E-state index in [1.807, 2.05) is 0 Å². The molecule has 7 heteroatoms. The first kappa shape index (κ1) is 15.8. The quantitative estimate of drug-likeness (QED) is 0.669. The number of furan rings is 1. The Bertz CT molecular complexity index is 799. The highest BCUT2D eigenvalue weighted by Gasteiger charge is 2.51. The second-order valence-corrected chi connectivity index (χ2v) is 5.58. The van der Waals surface area contributed by atoms with Gasteiger partial charge in [-0.05, 0) is 31.2 Å². The van der Waals surface area contributed by atoms with Crippen LogP contribution in [-0.4, -0.2) is 36.3 Å². The molecule has 0 aliphatic carbocycles. The predicted molar refractivity (Wildman–Crippen MR) is 83.6 cm³/mol. The van der Waals surface area contributed by atoms with Gasteiger partial charge in [0.2, 0.25) is 0 Å². The van der Waals surface area contributed by atoms with E-state index in [-0.39, 0.29) is 12.3 Å². The smallest absolute Gasteiger partial charge is 0.325 e. The number of Topliss-reactive ketones (excluding diaryl/α,β-unsaturated/α-hetero) is 1. The van der Waals surface area contributed by atoms with Crippen molar-refractivity contribution in [3.05, 3.63) is 54.0 Å². The van der Waals surface area contributed by atoms with E-state index in [1.54, 1.807) is 43.3 Å². The SMILES string of the molecule is COc1cccc(C(=O)CN2C(=O)NC(C)(c3ccco3)C2=O)c1. The number of benzene rings is 1. The van der Waals surface area contributed by atoms with Gasteiger partial charge in [0.1, 0.15) is 11.5 Å². The summed E-state index contributed by atoms with van der Waals surface area (Å²) in [6.45, 7) is 1.19. The van der Waals surface area contributed by atoms with Crippen molar-refractivity contribution < 1.29 is 23.5 Å². The first-order valence-electron chi connectivity index (χ1n) is 7.31. The van der Waals surface area contributed by atoms with Crippen LogP contribution in [0.25, 0.3) is 0 Å². The van der Waals surface area contributed by atoms with E-state index >= 15 is 0 Å². The molecule has 1 atom stereocenters. The highest BCUT2D eigenvalue weighted by atomic mass is 16.5. The van der Waals surface area contributed by atoms with Gasteiger partial charge in [-0.3, -0.25) is 14.5 Å². The van der Waals surface area contributed by atoms with Gasteiger partial charge in [0.05, 0.1) is 19.9 Å². The van der Waals surface area contributed by atoms with Crippen LogP contribution < -0.4 is 10.1 Å². The fourth-order valence-corrected chi connectivity index (χ4v) is 2.60. The summed E-state index contributed by atoms with van der Waals surface area (Å²) in [7, 11) is 1.50. The van der Waals surface area contributed by atoms with Crippen LogP contribution in [-0.2, 0) is 10.3 Å². The van der Waals surface area contributed by atoms with Crippen molar-refractivity contribution in [1.29, 1.82) is 0 Å². The summed E-state index contributed by atoms with van der Waals surface area (Å²) in [6, 6.07) is 9.15. The maximum absolute atomic E-state index is 12.6. The molecule has 1 aliphatic rings. The van der Waals surface area contributed by atoms with Crippen LogP contribution in [0, 0.1) is 0 Å². The Labute approximate surface area is 138 Å². The maximum atomic E-state index is 12.6. The first-order valence-corrected chi connectivity index (χ1v) is 7.31. The van der Waals surface area contributed by atoms with Crippen LogP contribution in [0.15, 0.2) is 47.1 Å². The van der Waals surface area contributed by atoms with E-state index in [9.17, 15) is 14.4 Å². The Morgan fingerprint density at radius 3 is 2.75 bits per heavy atom. The van der Waals surface area contributed by atoms with Gasteiger partial charge in [-0.2, -0.15) is 0 Å². The zero-order valence-corrected chi connectivity index (χ0v) is 13.2. The molecular weight excluding hydrogens is 312 g/mol. The van der Waals surface area contributed by atoms with Crippen LogP contribution in [0.3, 0.4) is 0 Å². The number of carbonyl (C=O) groups is 3. The lowest BCUT2D eigenvalue weighted by atomic mass is 9.99. The molecule has 1 fully saturated rings. The van der Waals surface area contributed by atoms with Crippen LogP contribution in [0.1, 0.15) is 23.0 Å². The number of hydrogen-bond donors (Lipinski definition) is 1. The third-order valence-corrected chi connectivity index (χ3v) is 3.98. The van der Waals surface area contributed by atoms with Crippen molar-refractivity contribution >= 4 is 17.7 Å². The molecule has 7 nitrogen and oxygen atoms in total. The van der Waals surface area contributed by atoms with Gasteiger partial charge in [-0.1, -0.05) is 12.1 Å². The number of amides is 3. The minimum atomic E-state index is -1.31. The van der Waals surface area contributed by atoms with E-state index in [0.717, 1.165) is 4.90 Å². The number of ketones is 1. The van der Waals surface area contributed by atoms with E-state index in [0.29, 0.717) is 17.1 Å². The summed E-state index contributed by atoms with van der Waals surface area (Å²) >= 11 is 0. The Morgan fingerprint density at radius 2 is 2.08 bits per heavy atom. The lowest BCUT2D eigenvalue weighted by molar-refractivity contribution is -0.131.